The van der Waals surface area contributed by atoms with Crippen molar-refractivity contribution in [3.05, 3.63) is 59.7 Å². The SMILES string of the molecule is CC(C)CCCC(C)[C@H]1CCC2C3CC=C4CC(OCc5ccc6ccccc6c5)CC[C@]4(C)C3CC[C@@]21C. The molecule has 8 atom stereocenters. The van der Waals surface area contributed by atoms with Gasteiger partial charge in [0, 0.05) is 0 Å². The van der Waals surface area contributed by atoms with Gasteiger partial charge in [-0.15, -0.1) is 0 Å². The van der Waals surface area contributed by atoms with Gasteiger partial charge in [-0.3, -0.25) is 0 Å². The highest BCUT2D eigenvalue weighted by Crippen LogP contribution is 2.67. The fraction of sp³-hybridized carbons (Fsp3) is 0.684. The molecule has 3 saturated carbocycles. The first-order valence-electron chi connectivity index (χ1n) is 16.6. The van der Waals surface area contributed by atoms with Crippen molar-refractivity contribution in [2.24, 2.45) is 46.3 Å². The molecule has 0 saturated heterocycles. The molecule has 0 bridgehead atoms. The van der Waals surface area contributed by atoms with Crippen LogP contribution >= 0.6 is 0 Å². The molecular weight excluding hydrogens is 472 g/mol. The Morgan fingerprint density at radius 1 is 0.872 bits per heavy atom. The van der Waals surface area contributed by atoms with Crippen molar-refractivity contribution in [3.63, 3.8) is 0 Å². The molecule has 2 aromatic rings. The van der Waals surface area contributed by atoms with Gasteiger partial charge in [0.2, 0.25) is 0 Å². The third kappa shape index (κ3) is 5.16. The van der Waals surface area contributed by atoms with Crippen LogP contribution < -0.4 is 0 Å². The lowest BCUT2D eigenvalue weighted by Crippen LogP contribution is -2.51. The van der Waals surface area contributed by atoms with Gasteiger partial charge in [0.05, 0.1) is 12.7 Å². The lowest BCUT2D eigenvalue weighted by Gasteiger charge is -2.58. The predicted octanol–water partition coefficient (Wildman–Crippen LogP) is 10.8. The summed E-state index contributed by atoms with van der Waals surface area (Å²) in [5.74, 6) is 5.46. The van der Waals surface area contributed by atoms with E-state index >= 15 is 0 Å². The Morgan fingerprint density at radius 3 is 2.51 bits per heavy atom. The average Bonchev–Trinajstić information content (AvgIpc) is 3.29. The van der Waals surface area contributed by atoms with Crippen molar-refractivity contribution < 1.29 is 4.74 Å². The third-order valence-electron chi connectivity index (χ3n) is 12.6. The van der Waals surface area contributed by atoms with Gasteiger partial charge in [0.25, 0.3) is 0 Å². The number of benzene rings is 2. The lowest BCUT2D eigenvalue weighted by atomic mass is 9.47. The molecule has 0 aromatic heterocycles. The number of ether oxygens (including phenoxy) is 1. The topological polar surface area (TPSA) is 9.23 Å². The molecule has 1 heteroatoms. The molecule has 1 nitrogen and oxygen atoms in total. The number of hydrogen-bond donors (Lipinski definition) is 0. The Morgan fingerprint density at radius 2 is 1.69 bits per heavy atom. The molecule has 6 rings (SSSR count). The van der Waals surface area contributed by atoms with Crippen LogP contribution in [0.1, 0.15) is 111 Å². The summed E-state index contributed by atoms with van der Waals surface area (Å²) in [6.45, 7) is 13.5. The van der Waals surface area contributed by atoms with Gasteiger partial charge in [-0.25, -0.2) is 0 Å². The summed E-state index contributed by atoms with van der Waals surface area (Å²) < 4.78 is 6.58. The maximum atomic E-state index is 6.58. The quantitative estimate of drug-likeness (QED) is 0.311. The molecule has 2 aromatic carbocycles. The molecule has 4 aliphatic rings. The monoisotopic (exact) mass is 526 g/mol. The molecule has 0 N–H and O–H groups in total. The highest BCUT2D eigenvalue weighted by atomic mass is 16.5. The van der Waals surface area contributed by atoms with E-state index in [9.17, 15) is 0 Å². The van der Waals surface area contributed by atoms with Crippen molar-refractivity contribution in [1.82, 2.24) is 0 Å². The molecule has 3 fully saturated rings. The van der Waals surface area contributed by atoms with E-state index < -0.39 is 0 Å². The average molecular weight is 527 g/mol. The molecule has 0 amide bonds. The van der Waals surface area contributed by atoms with E-state index in [1.165, 1.54) is 80.5 Å². The zero-order valence-corrected chi connectivity index (χ0v) is 25.6. The van der Waals surface area contributed by atoms with E-state index in [1.54, 1.807) is 5.57 Å². The number of hydrogen-bond acceptors (Lipinski definition) is 1. The van der Waals surface area contributed by atoms with E-state index in [-0.39, 0.29) is 0 Å². The van der Waals surface area contributed by atoms with Gasteiger partial charge in [-0.2, -0.15) is 0 Å². The Bertz CT molecular complexity index is 1180. The highest BCUT2D eigenvalue weighted by Gasteiger charge is 2.59. The van der Waals surface area contributed by atoms with Crippen LogP contribution in [0.25, 0.3) is 10.8 Å². The maximum Gasteiger partial charge on any atom is 0.0721 e. The fourth-order valence-electron chi connectivity index (χ4n) is 10.3. The second kappa shape index (κ2) is 11.0. The van der Waals surface area contributed by atoms with Crippen LogP contribution in [0, 0.1) is 46.3 Å². The largest absolute Gasteiger partial charge is 0.373 e. The Balaban J connectivity index is 1.10. The minimum Gasteiger partial charge on any atom is -0.373 e. The maximum absolute atomic E-state index is 6.58. The molecule has 0 heterocycles. The lowest BCUT2D eigenvalue weighted by molar-refractivity contribution is -0.0656. The van der Waals surface area contributed by atoms with Gasteiger partial charge < -0.3 is 4.74 Å². The minimum atomic E-state index is 0.378. The van der Waals surface area contributed by atoms with E-state index in [4.69, 9.17) is 4.74 Å². The summed E-state index contributed by atoms with van der Waals surface area (Å²) in [4.78, 5) is 0. The summed E-state index contributed by atoms with van der Waals surface area (Å²) in [7, 11) is 0. The minimum absolute atomic E-state index is 0.378. The van der Waals surface area contributed by atoms with Gasteiger partial charge in [0.15, 0.2) is 0 Å². The Hall–Kier alpha value is -1.60. The van der Waals surface area contributed by atoms with E-state index in [0.717, 1.165) is 48.5 Å². The van der Waals surface area contributed by atoms with Crippen LogP contribution in [0.15, 0.2) is 54.1 Å². The molecule has 212 valence electrons. The molecular formula is C38H54O. The predicted molar refractivity (Wildman–Crippen MR) is 166 cm³/mol. The third-order valence-corrected chi connectivity index (χ3v) is 12.6. The number of fused-ring (bicyclic) bond motifs is 6. The van der Waals surface area contributed by atoms with Crippen LogP contribution in [0.2, 0.25) is 0 Å². The van der Waals surface area contributed by atoms with Gasteiger partial charge in [0.1, 0.15) is 0 Å². The second-order valence-corrected chi connectivity index (χ2v) is 15.1. The summed E-state index contributed by atoms with van der Waals surface area (Å²) in [6.07, 6.45) is 18.3. The van der Waals surface area contributed by atoms with Crippen LogP contribution in [0.3, 0.4) is 0 Å². The summed E-state index contributed by atoms with van der Waals surface area (Å²) in [6, 6.07) is 15.5. The number of rotatable bonds is 8. The van der Waals surface area contributed by atoms with Crippen LogP contribution in [-0.2, 0) is 11.3 Å². The van der Waals surface area contributed by atoms with Crippen molar-refractivity contribution >= 4 is 10.8 Å². The smallest absolute Gasteiger partial charge is 0.0721 e. The van der Waals surface area contributed by atoms with E-state index in [1.807, 2.05) is 0 Å². The zero-order chi connectivity index (χ0) is 27.2. The van der Waals surface area contributed by atoms with Gasteiger partial charge in [-0.05, 0) is 120 Å². The van der Waals surface area contributed by atoms with Gasteiger partial charge in [-0.1, -0.05) is 102 Å². The number of allylic oxidation sites excluding steroid dienone is 1. The first kappa shape index (κ1) is 27.6. The van der Waals surface area contributed by atoms with Crippen LogP contribution in [0.5, 0.6) is 0 Å². The molecule has 0 spiro atoms. The normalized spacial score (nSPS) is 36.8. The Kier molecular flexibility index (Phi) is 7.77. The summed E-state index contributed by atoms with van der Waals surface area (Å²) in [5.41, 5.74) is 4.05. The molecule has 0 aliphatic heterocycles. The van der Waals surface area contributed by atoms with Crippen molar-refractivity contribution in [3.8, 4) is 0 Å². The first-order chi connectivity index (χ1) is 18.8. The van der Waals surface area contributed by atoms with Crippen molar-refractivity contribution in [2.45, 2.75) is 118 Å². The van der Waals surface area contributed by atoms with Crippen molar-refractivity contribution in [2.75, 3.05) is 0 Å². The zero-order valence-electron chi connectivity index (χ0n) is 25.6. The van der Waals surface area contributed by atoms with Gasteiger partial charge >= 0.3 is 0 Å². The fourth-order valence-corrected chi connectivity index (χ4v) is 10.3. The molecule has 4 aliphatic carbocycles. The molecule has 39 heavy (non-hydrogen) atoms. The van der Waals surface area contributed by atoms with Crippen LogP contribution in [0.4, 0.5) is 0 Å². The molecule has 5 unspecified atom stereocenters. The summed E-state index contributed by atoms with van der Waals surface area (Å²) >= 11 is 0. The summed E-state index contributed by atoms with van der Waals surface area (Å²) in [5, 5.41) is 2.63. The Labute approximate surface area is 239 Å². The molecule has 0 radical (unpaired) electrons. The highest BCUT2D eigenvalue weighted by molar-refractivity contribution is 5.82. The first-order valence-corrected chi connectivity index (χ1v) is 16.6. The van der Waals surface area contributed by atoms with E-state index in [0.29, 0.717) is 16.9 Å². The van der Waals surface area contributed by atoms with Crippen LogP contribution in [-0.4, -0.2) is 6.10 Å². The standard InChI is InChI=1S/C38H54O/c1-26(2)9-8-10-27(3)34-17-18-35-33-16-15-31-24-32(19-21-37(31,4)36(33)20-22-38(34,35)5)39-25-28-13-14-29-11-6-7-12-30(29)23-28/h6-7,11-15,23,26-27,32-36H,8-10,16-22,24-25H2,1-5H3/t27?,32?,33?,34-,35?,36?,37+,38-/m1/s1. The van der Waals surface area contributed by atoms with Crippen molar-refractivity contribution in [1.29, 1.82) is 0 Å². The second-order valence-electron chi connectivity index (χ2n) is 15.1. The van der Waals surface area contributed by atoms with E-state index in [2.05, 4.69) is 83.2 Å².